The molecular weight excluding hydrogens is 386 g/mol. The number of H-pyrrole nitrogens is 1. The van der Waals surface area contributed by atoms with Crippen molar-refractivity contribution in [1.82, 2.24) is 14.5 Å². The minimum absolute atomic E-state index is 0.245. The Bertz CT molecular complexity index is 1110. The molecule has 4 rings (SSSR count). The zero-order valence-corrected chi connectivity index (χ0v) is 16.6. The third-order valence-corrected chi connectivity index (χ3v) is 5.04. The SMILES string of the molecule is Cc1[nH]cnc1CCC(=O)c1c2n(c3ccccc13)CCC2.O=C(O)/C=C\C(=O)O. The fraction of sp³-hybridized carbons (Fsp3) is 0.273. The highest BCUT2D eigenvalue weighted by Crippen LogP contribution is 2.32. The van der Waals surface area contributed by atoms with E-state index < -0.39 is 11.9 Å². The van der Waals surface area contributed by atoms with Crippen LogP contribution in [0.3, 0.4) is 0 Å². The fourth-order valence-corrected chi connectivity index (χ4v) is 3.73. The Labute approximate surface area is 172 Å². The van der Waals surface area contributed by atoms with Crippen LogP contribution in [0.4, 0.5) is 0 Å². The van der Waals surface area contributed by atoms with E-state index in [2.05, 4.69) is 32.7 Å². The first-order valence-electron chi connectivity index (χ1n) is 9.64. The number of benzene rings is 1. The van der Waals surface area contributed by atoms with Crippen LogP contribution in [-0.2, 0) is 29.0 Å². The highest BCUT2D eigenvalue weighted by molar-refractivity contribution is 6.09. The van der Waals surface area contributed by atoms with E-state index in [1.807, 2.05) is 13.0 Å². The summed E-state index contributed by atoms with van der Waals surface area (Å²) < 4.78 is 2.32. The lowest BCUT2D eigenvalue weighted by molar-refractivity contribution is -0.134. The number of carboxylic acids is 2. The van der Waals surface area contributed by atoms with Crippen molar-refractivity contribution in [2.75, 3.05) is 0 Å². The number of carbonyl (C=O) groups excluding carboxylic acids is 1. The molecule has 2 aromatic heterocycles. The van der Waals surface area contributed by atoms with Gasteiger partial charge in [0.25, 0.3) is 0 Å². The van der Waals surface area contributed by atoms with Gasteiger partial charge in [-0.05, 0) is 32.3 Å². The second kappa shape index (κ2) is 9.21. The average molecular weight is 409 g/mol. The number of Topliss-reactive ketones (excluding diaryl/α,β-unsaturated/α-hetero) is 1. The maximum Gasteiger partial charge on any atom is 0.328 e. The maximum atomic E-state index is 12.8. The molecule has 1 aliphatic heterocycles. The van der Waals surface area contributed by atoms with E-state index in [1.165, 1.54) is 11.2 Å². The van der Waals surface area contributed by atoms with Crippen LogP contribution in [0.25, 0.3) is 10.9 Å². The number of aliphatic carboxylic acids is 2. The summed E-state index contributed by atoms with van der Waals surface area (Å²) in [4.78, 5) is 39.3. The average Bonchev–Trinajstić information content (AvgIpc) is 3.41. The lowest BCUT2D eigenvalue weighted by Gasteiger charge is -2.02. The number of fused-ring (bicyclic) bond motifs is 3. The molecule has 156 valence electrons. The van der Waals surface area contributed by atoms with Crippen LogP contribution in [-0.4, -0.2) is 42.5 Å². The number of hydrogen-bond donors (Lipinski definition) is 3. The number of ketones is 1. The van der Waals surface area contributed by atoms with E-state index in [0.717, 1.165) is 41.7 Å². The number of hydrogen-bond acceptors (Lipinski definition) is 4. The van der Waals surface area contributed by atoms with Gasteiger partial charge in [0.2, 0.25) is 0 Å². The molecule has 0 radical (unpaired) electrons. The van der Waals surface area contributed by atoms with Crippen molar-refractivity contribution >= 4 is 28.6 Å². The van der Waals surface area contributed by atoms with Gasteiger partial charge in [-0.15, -0.1) is 0 Å². The highest BCUT2D eigenvalue weighted by Gasteiger charge is 2.24. The van der Waals surface area contributed by atoms with E-state index in [1.54, 1.807) is 6.33 Å². The summed E-state index contributed by atoms with van der Waals surface area (Å²) in [5.41, 5.74) is 5.42. The van der Waals surface area contributed by atoms with Gasteiger partial charge in [-0.2, -0.15) is 0 Å². The quantitative estimate of drug-likeness (QED) is 0.424. The number of nitrogens with one attached hydrogen (secondary N) is 1. The minimum Gasteiger partial charge on any atom is -0.478 e. The van der Waals surface area contributed by atoms with E-state index in [0.29, 0.717) is 25.0 Å². The van der Waals surface area contributed by atoms with E-state index in [-0.39, 0.29) is 5.78 Å². The lowest BCUT2D eigenvalue weighted by atomic mass is 10.0. The van der Waals surface area contributed by atoms with Crippen molar-refractivity contribution < 1.29 is 24.6 Å². The van der Waals surface area contributed by atoms with Crippen molar-refractivity contribution in [2.45, 2.75) is 39.2 Å². The smallest absolute Gasteiger partial charge is 0.328 e. The van der Waals surface area contributed by atoms with Gasteiger partial charge in [0, 0.05) is 53.0 Å². The second-order valence-electron chi connectivity index (χ2n) is 7.00. The summed E-state index contributed by atoms with van der Waals surface area (Å²) >= 11 is 0. The van der Waals surface area contributed by atoms with Crippen LogP contribution < -0.4 is 0 Å². The normalized spacial score (nSPS) is 12.6. The fourth-order valence-electron chi connectivity index (χ4n) is 3.73. The largest absolute Gasteiger partial charge is 0.478 e. The number of carboxylic acid groups (broad SMARTS) is 2. The predicted octanol–water partition coefficient (Wildman–Crippen LogP) is 3.15. The molecule has 1 aliphatic rings. The molecule has 8 nitrogen and oxygen atoms in total. The molecular formula is C22H23N3O5. The molecule has 30 heavy (non-hydrogen) atoms. The molecule has 0 saturated carbocycles. The highest BCUT2D eigenvalue weighted by atomic mass is 16.4. The number of rotatable bonds is 6. The predicted molar refractivity (Wildman–Crippen MR) is 111 cm³/mol. The molecule has 3 aromatic rings. The molecule has 0 unspecified atom stereocenters. The van der Waals surface area contributed by atoms with Gasteiger partial charge in [0.1, 0.15) is 0 Å². The number of aromatic nitrogens is 3. The topological polar surface area (TPSA) is 125 Å². The van der Waals surface area contributed by atoms with Crippen molar-refractivity contribution in [3.63, 3.8) is 0 Å². The van der Waals surface area contributed by atoms with Gasteiger partial charge in [0.05, 0.1) is 12.0 Å². The molecule has 3 heterocycles. The first-order valence-corrected chi connectivity index (χ1v) is 9.64. The number of para-hydroxylation sites is 1. The van der Waals surface area contributed by atoms with Crippen LogP contribution >= 0.6 is 0 Å². The Hall–Kier alpha value is -3.68. The molecule has 1 aromatic carbocycles. The van der Waals surface area contributed by atoms with Gasteiger partial charge in [0.15, 0.2) is 5.78 Å². The Morgan fingerprint density at radius 3 is 2.50 bits per heavy atom. The Morgan fingerprint density at radius 1 is 1.17 bits per heavy atom. The van der Waals surface area contributed by atoms with Crippen LogP contribution in [0.1, 0.15) is 40.3 Å². The molecule has 0 fully saturated rings. The van der Waals surface area contributed by atoms with Crippen molar-refractivity contribution in [3.8, 4) is 0 Å². The Morgan fingerprint density at radius 2 is 1.87 bits per heavy atom. The van der Waals surface area contributed by atoms with Crippen molar-refractivity contribution in [1.29, 1.82) is 0 Å². The van der Waals surface area contributed by atoms with E-state index in [9.17, 15) is 14.4 Å². The maximum absolute atomic E-state index is 12.8. The summed E-state index contributed by atoms with van der Waals surface area (Å²) in [7, 11) is 0. The van der Waals surface area contributed by atoms with Crippen molar-refractivity contribution in [2.24, 2.45) is 0 Å². The van der Waals surface area contributed by atoms with E-state index >= 15 is 0 Å². The summed E-state index contributed by atoms with van der Waals surface area (Å²) in [5, 5.41) is 16.7. The number of aromatic amines is 1. The van der Waals surface area contributed by atoms with Crippen LogP contribution in [0.5, 0.6) is 0 Å². The molecule has 0 aliphatic carbocycles. The number of aryl methyl sites for hydroxylation is 3. The van der Waals surface area contributed by atoms with Gasteiger partial charge in [-0.3, -0.25) is 4.79 Å². The van der Waals surface area contributed by atoms with Crippen LogP contribution in [0.15, 0.2) is 42.7 Å². The monoisotopic (exact) mass is 409 g/mol. The molecule has 0 atom stereocenters. The first kappa shape index (κ1) is 21.0. The zero-order valence-electron chi connectivity index (χ0n) is 16.6. The van der Waals surface area contributed by atoms with Crippen LogP contribution in [0.2, 0.25) is 0 Å². The standard InChI is InChI=1S/C18H19N3O.C4H4O4/c1-12-14(20-11-19-12)8-9-17(22)18-13-5-2-3-6-15(13)21-10-4-7-16(18)21;5-3(6)1-2-4(7)8/h2-3,5-6,11H,4,7-10H2,1H3,(H,19,20);1-2H,(H,5,6)(H,7,8)/b;2-1-. The summed E-state index contributed by atoms with van der Waals surface area (Å²) in [6.45, 7) is 3.03. The second-order valence-corrected chi connectivity index (χ2v) is 7.00. The third-order valence-electron chi connectivity index (χ3n) is 5.04. The third kappa shape index (κ3) is 4.65. The zero-order chi connectivity index (χ0) is 21.7. The summed E-state index contributed by atoms with van der Waals surface area (Å²) in [6.07, 6.45) is 6.18. The molecule has 0 saturated heterocycles. The van der Waals surface area contributed by atoms with Gasteiger partial charge < -0.3 is 19.8 Å². The molecule has 3 N–H and O–H groups in total. The molecule has 8 heteroatoms. The molecule has 0 bridgehead atoms. The first-order chi connectivity index (χ1) is 14.4. The Kier molecular flexibility index (Phi) is 6.46. The Balaban J connectivity index is 0.000000275. The summed E-state index contributed by atoms with van der Waals surface area (Å²) in [5.74, 6) is -2.27. The van der Waals surface area contributed by atoms with Gasteiger partial charge in [-0.25, -0.2) is 14.6 Å². The lowest BCUT2D eigenvalue weighted by Crippen LogP contribution is -2.05. The molecule has 0 spiro atoms. The van der Waals surface area contributed by atoms with Crippen molar-refractivity contribution in [3.05, 3.63) is 65.4 Å². The van der Waals surface area contributed by atoms with Gasteiger partial charge >= 0.3 is 11.9 Å². The number of carbonyl (C=O) groups is 3. The van der Waals surface area contributed by atoms with Gasteiger partial charge in [-0.1, -0.05) is 18.2 Å². The summed E-state index contributed by atoms with van der Waals surface area (Å²) in [6, 6.07) is 8.27. The molecule has 0 amide bonds. The van der Waals surface area contributed by atoms with Crippen LogP contribution in [0, 0.1) is 6.92 Å². The minimum atomic E-state index is -1.26. The van der Waals surface area contributed by atoms with E-state index in [4.69, 9.17) is 10.2 Å². The number of imidazole rings is 1. The number of nitrogens with zero attached hydrogens (tertiary/aromatic N) is 2.